The van der Waals surface area contributed by atoms with Crippen LogP contribution in [0.25, 0.3) is 49.9 Å². The minimum Gasteiger partial charge on any atom is -0.509 e. The van der Waals surface area contributed by atoms with E-state index >= 15 is 0 Å². The number of nitrogens with zero attached hydrogens (tertiary/aromatic N) is 4. The molecule has 2 aliphatic rings. The van der Waals surface area contributed by atoms with E-state index in [0.717, 1.165) is 78.1 Å². The Labute approximate surface area is 490 Å². The van der Waals surface area contributed by atoms with E-state index in [0.29, 0.717) is 11.5 Å². The number of ether oxygens (including phenoxy) is 1. The van der Waals surface area contributed by atoms with Crippen molar-refractivity contribution in [1.29, 1.82) is 0 Å². The molecule has 80 heavy (non-hydrogen) atoms. The van der Waals surface area contributed by atoms with Crippen molar-refractivity contribution in [2.75, 3.05) is 9.80 Å². The fraction of sp³-hybridized carbons (Fsp3) is 0.294. The summed E-state index contributed by atoms with van der Waals surface area (Å²) >= 11 is 0. The Morgan fingerprint density at radius 1 is 0.500 bits per heavy atom. The maximum atomic E-state index is 6.97. The second-order valence-electron chi connectivity index (χ2n) is 26.7. The monoisotopic (exact) mass is 1240 g/mol. The summed E-state index contributed by atoms with van der Waals surface area (Å²) in [5.41, 5.74) is 14.5. The first-order valence-electron chi connectivity index (χ1n) is 27.8. The summed E-state index contributed by atoms with van der Waals surface area (Å²) in [6.07, 6.45) is 1.91. The van der Waals surface area contributed by atoms with E-state index in [9.17, 15) is 0 Å². The van der Waals surface area contributed by atoms with Crippen LogP contribution < -0.4 is 20.0 Å². The van der Waals surface area contributed by atoms with Gasteiger partial charge in [-0.05, 0) is 96.0 Å². The average molecular weight is 1240 g/mol. The Morgan fingerprint density at radius 2 is 1.11 bits per heavy atom. The van der Waals surface area contributed by atoms with Gasteiger partial charge in [0.15, 0.2) is 0 Å². The number of benzene rings is 7. The molecule has 2 aromatic heterocycles. The van der Waals surface area contributed by atoms with Crippen LogP contribution in [-0.2, 0) is 51.0 Å². The van der Waals surface area contributed by atoms with Gasteiger partial charge in [-0.15, -0.1) is 48.1 Å². The molecule has 410 valence electrons. The third-order valence-corrected chi connectivity index (χ3v) is 15.2. The molecular formula is C68H72B3N4O4Pt-3. The molecule has 1 fully saturated rings. The van der Waals surface area contributed by atoms with Crippen LogP contribution in [0.3, 0.4) is 0 Å². The molecule has 0 radical (unpaired) electrons. The van der Waals surface area contributed by atoms with Crippen molar-refractivity contribution >= 4 is 71.4 Å². The molecule has 8 nitrogen and oxygen atoms in total. The zero-order chi connectivity index (χ0) is 56.0. The van der Waals surface area contributed by atoms with Gasteiger partial charge >= 0.3 is 21.4 Å². The maximum absolute atomic E-state index is 6.97. The fourth-order valence-corrected chi connectivity index (χ4v) is 10.6. The maximum Gasteiger partial charge on any atom is 0.468 e. The molecule has 0 spiro atoms. The van der Waals surface area contributed by atoms with E-state index in [1.165, 1.54) is 16.7 Å². The zero-order valence-electron chi connectivity index (χ0n) is 49.1. The van der Waals surface area contributed by atoms with Crippen LogP contribution in [0.5, 0.6) is 11.5 Å². The predicted molar refractivity (Wildman–Crippen MR) is 331 cm³/mol. The van der Waals surface area contributed by atoms with Crippen molar-refractivity contribution in [1.82, 2.24) is 9.55 Å². The first-order chi connectivity index (χ1) is 37.3. The summed E-state index contributed by atoms with van der Waals surface area (Å²) in [5, 5.41) is 1.51. The number of hydrogen-bond donors (Lipinski definition) is 0. The van der Waals surface area contributed by atoms with Gasteiger partial charge in [0.25, 0.3) is 0 Å². The Morgan fingerprint density at radius 3 is 1.75 bits per heavy atom. The Balaban J connectivity index is 0.00000720. The van der Waals surface area contributed by atoms with E-state index in [4.69, 9.17) is 23.4 Å². The van der Waals surface area contributed by atoms with Crippen LogP contribution in [0.2, 0.25) is 10.6 Å². The predicted octanol–water partition coefficient (Wildman–Crippen LogP) is 17.5. The Kier molecular flexibility index (Phi) is 15.1. The van der Waals surface area contributed by atoms with Crippen LogP contribution in [0, 0.1) is 18.8 Å². The molecule has 1 saturated heterocycles. The molecule has 0 N–H and O–H groups in total. The van der Waals surface area contributed by atoms with Crippen LogP contribution in [0.4, 0.5) is 22.7 Å². The van der Waals surface area contributed by atoms with Crippen molar-refractivity contribution in [3.63, 3.8) is 0 Å². The van der Waals surface area contributed by atoms with Gasteiger partial charge in [0.05, 0.1) is 0 Å². The molecule has 4 heterocycles. The van der Waals surface area contributed by atoms with Crippen LogP contribution in [0.15, 0.2) is 158 Å². The van der Waals surface area contributed by atoms with Gasteiger partial charge in [-0.2, -0.15) is 12.1 Å². The summed E-state index contributed by atoms with van der Waals surface area (Å²) < 4.78 is 29.6. The van der Waals surface area contributed by atoms with Gasteiger partial charge in [0.2, 0.25) is 0 Å². The molecule has 0 atom stereocenters. The first kappa shape index (κ1) is 56.9. The summed E-state index contributed by atoms with van der Waals surface area (Å²) in [6, 6.07) is 61.2. The van der Waals surface area contributed by atoms with E-state index in [1.54, 1.807) is 0 Å². The van der Waals surface area contributed by atoms with Crippen molar-refractivity contribution in [3.8, 4) is 39.6 Å². The Hall–Kier alpha value is -6.35. The standard InChI is InChI=1S/C68H72B3N4O4.Pt/c1-64(2,3)48-35-36-72-62(41-48)75-58-34-31-46(45-23-17-16-18-24-45)39-56(58)55-33-32-53(43-61(55)75)76-52-26-21-25-51(42-52)73-44-74(60-30-20-19-29-59(60)73)63-54(47-37-49(65(4,5)6)40-50(38-47)66(7,8)9)27-22-28-57(63)69-77-70(67(10,11)12)79-71(78-69)68(13,14)15;/h16-41,44H,1-15H3;/q-3;. The molecule has 0 aliphatic carbocycles. The molecular weight excluding hydrogens is 1160 g/mol. The first-order valence-corrected chi connectivity index (χ1v) is 27.8. The third-order valence-electron chi connectivity index (χ3n) is 15.2. The molecule has 7 aromatic carbocycles. The van der Waals surface area contributed by atoms with Gasteiger partial charge in [0, 0.05) is 72.4 Å². The van der Waals surface area contributed by atoms with Crippen molar-refractivity contribution in [2.24, 2.45) is 0 Å². The van der Waals surface area contributed by atoms with Crippen LogP contribution >= 0.6 is 0 Å². The normalized spacial score (nSPS) is 14.5. The minimum atomic E-state index is -0.751. The van der Waals surface area contributed by atoms with Crippen molar-refractivity contribution in [3.05, 3.63) is 193 Å². The van der Waals surface area contributed by atoms with E-state index in [1.807, 2.05) is 24.4 Å². The molecule has 0 amide bonds. The second-order valence-corrected chi connectivity index (χ2v) is 26.7. The third kappa shape index (κ3) is 11.2. The van der Waals surface area contributed by atoms with E-state index in [-0.39, 0.29) is 47.9 Å². The summed E-state index contributed by atoms with van der Waals surface area (Å²) in [6.45, 7) is 35.5. The molecule has 0 saturated carbocycles. The summed E-state index contributed by atoms with van der Waals surface area (Å²) in [7, 11) is -1.81. The number of anilines is 4. The van der Waals surface area contributed by atoms with E-state index < -0.39 is 21.4 Å². The number of pyridine rings is 1. The van der Waals surface area contributed by atoms with Gasteiger partial charge in [0.1, 0.15) is 5.82 Å². The van der Waals surface area contributed by atoms with Gasteiger partial charge in [-0.25, -0.2) is 4.98 Å². The number of rotatable bonds is 8. The minimum absolute atomic E-state index is 0. The van der Waals surface area contributed by atoms with Crippen molar-refractivity contribution in [2.45, 2.75) is 131 Å². The van der Waals surface area contributed by atoms with Crippen molar-refractivity contribution < 1.29 is 39.5 Å². The van der Waals surface area contributed by atoms with Crippen LogP contribution in [0.1, 0.15) is 121 Å². The zero-order valence-corrected chi connectivity index (χ0v) is 51.3. The van der Waals surface area contributed by atoms with Gasteiger partial charge in [-0.3, -0.25) is 0 Å². The molecule has 0 unspecified atom stereocenters. The largest absolute Gasteiger partial charge is 0.509 e. The number of para-hydroxylation sites is 3. The second kappa shape index (κ2) is 21.2. The summed E-state index contributed by atoms with van der Waals surface area (Å²) in [4.78, 5) is 9.46. The number of hydrogen-bond acceptors (Lipinski definition) is 7. The number of aromatic nitrogens is 2. The quantitative estimate of drug-likeness (QED) is 0.111. The SMILES string of the molecule is CC(C)(C)B1OB(c2cccc(-c3cc(C(C)(C)C)cc(C(C)(C)C)c3)c2N2[CH-]N(c3[c-]c(Oc4[c-]c5c(cc4)c4cc(-c6ccccc6)ccc4n5-c4cc(C(C)(C)C)ccn4)ccc3)c3ccccc32)OB(C(C)(C)C)O1.[Pt]. The fourth-order valence-electron chi connectivity index (χ4n) is 10.6. The molecule has 9 aromatic rings. The molecule has 2 aliphatic heterocycles. The average Bonchev–Trinajstić information content (AvgIpc) is 4.07. The number of fused-ring (bicyclic) bond motifs is 4. The topological polar surface area (TPSA) is 61.2 Å². The smallest absolute Gasteiger partial charge is 0.468 e. The van der Waals surface area contributed by atoms with Gasteiger partial charge in [-0.1, -0.05) is 200 Å². The van der Waals surface area contributed by atoms with Crippen LogP contribution in [-0.4, -0.2) is 30.9 Å². The van der Waals surface area contributed by atoms with Gasteiger partial charge < -0.3 is 32.8 Å². The summed E-state index contributed by atoms with van der Waals surface area (Å²) in [5.74, 6) is 1.95. The molecule has 0 bridgehead atoms. The Bertz CT molecular complexity index is 3700. The molecule has 12 heteroatoms. The molecule has 11 rings (SSSR count). The van der Waals surface area contributed by atoms with E-state index in [2.05, 4.69) is 270 Å².